The fraction of sp³-hybridized carbons (Fsp3) is 0.130. The SMILES string of the molecule is COc1c(Cl)cc(/C(O)=C2/C(=O)C(=O)N(c3cc(F)ccc3F)C2c2ccco2)c(OC)c1Cl. The van der Waals surface area contributed by atoms with Crippen LogP contribution in [0.15, 0.2) is 52.7 Å². The zero-order valence-corrected chi connectivity index (χ0v) is 19.1. The molecule has 1 N–H and O–H groups in total. The van der Waals surface area contributed by atoms with Gasteiger partial charge in [-0.05, 0) is 30.3 Å². The first-order valence-electron chi connectivity index (χ1n) is 9.61. The van der Waals surface area contributed by atoms with Crippen molar-refractivity contribution in [1.82, 2.24) is 0 Å². The van der Waals surface area contributed by atoms with Crippen LogP contribution < -0.4 is 14.4 Å². The number of hydrogen-bond donors (Lipinski definition) is 1. The normalized spacial score (nSPS) is 17.4. The highest BCUT2D eigenvalue weighted by atomic mass is 35.5. The monoisotopic (exact) mass is 509 g/mol. The predicted molar refractivity (Wildman–Crippen MR) is 119 cm³/mol. The van der Waals surface area contributed by atoms with E-state index in [4.69, 9.17) is 37.1 Å². The lowest BCUT2D eigenvalue weighted by Crippen LogP contribution is -2.30. The molecule has 1 aliphatic heterocycles. The summed E-state index contributed by atoms with van der Waals surface area (Å²) in [5.41, 5.74) is -1.12. The van der Waals surface area contributed by atoms with E-state index in [1.54, 1.807) is 0 Å². The van der Waals surface area contributed by atoms with Crippen molar-refractivity contribution in [3.05, 3.63) is 81.2 Å². The summed E-state index contributed by atoms with van der Waals surface area (Å²) in [6.45, 7) is 0. The van der Waals surface area contributed by atoms with Gasteiger partial charge in [-0.1, -0.05) is 23.2 Å². The van der Waals surface area contributed by atoms with E-state index in [-0.39, 0.29) is 32.9 Å². The van der Waals surface area contributed by atoms with Gasteiger partial charge in [-0.2, -0.15) is 0 Å². The van der Waals surface area contributed by atoms with E-state index in [9.17, 15) is 23.5 Å². The number of ether oxygens (including phenoxy) is 2. The van der Waals surface area contributed by atoms with Crippen molar-refractivity contribution in [2.45, 2.75) is 6.04 Å². The lowest BCUT2D eigenvalue weighted by Gasteiger charge is -2.24. The van der Waals surface area contributed by atoms with E-state index >= 15 is 0 Å². The van der Waals surface area contributed by atoms with Gasteiger partial charge < -0.3 is 19.0 Å². The predicted octanol–water partition coefficient (Wildman–Crippen LogP) is 5.51. The van der Waals surface area contributed by atoms with Crippen LogP contribution in [-0.2, 0) is 9.59 Å². The minimum Gasteiger partial charge on any atom is -0.507 e. The van der Waals surface area contributed by atoms with Crippen LogP contribution in [0.1, 0.15) is 17.4 Å². The van der Waals surface area contributed by atoms with Crippen molar-refractivity contribution in [3.8, 4) is 11.5 Å². The summed E-state index contributed by atoms with van der Waals surface area (Å²) in [7, 11) is 2.58. The van der Waals surface area contributed by atoms with Crippen LogP contribution >= 0.6 is 23.2 Å². The summed E-state index contributed by atoms with van der Waals surface area (Å²) in [4.78, 5) is 26.8. The second-order valence-corrected chi connectivity index (χ2v) is 7.85. The second kappa shape index (κ2) is 9.00. The van der Waals surface area contributed by atoms with Crippen LogP contribution in [0.25, 0.3) is 5.76 Å². The summed E-state index contributed by atoms with van der Waals surface area (Å²) >= 11 is 12.5. The number of furan rings is 1. The van der Waals surface area contributed by atoms with E-state index < -0.39 is 46.4 Å². The maximum Gasteiger partial charge on any atom is 0.300 e. The Morgan fingerprint density at radius 3 is 2.41 bits per heavy atom. The molecule has 34 heavy (non-hydrogen) atoms. The summed E-state index contributed by atoms with van der Waals surface area (Å²) in [5, 5.41) is 11.1. The maximum atomic E-state index is 14.6. The van der Waals surface area contributed by atoms with Gasteiger partial charge >= 0.3 is 0 Å². The van der Waals surface area contributed by atoms with Crippen LogP contribution in [-0.4, -0.2) is 31.0 Å². The summed E-state index contributed by atoms with van der Waals surface area (Å²) in [6.07, 6.45) is 1.26. The quantitative estimate of drug-likeness (QED) is 0.277. The van der Waals surface area contributed by atoms with E-state index in [1.807, 2.05) is 0 Å². The molecule has 1 fully saturated rings. The molecule has 0 aliphatic carbocycles. The molecule has 7 nitrogen and oxygen atoms in total. The minimum absolute atomic E-state index is 0.00841. The van der Waals surface area contributed by atoms with Gasteiger partial charge in [0, 0.05) is 6.07 Å². The van der Waals surface area contributed by atoms with E-state index in [0.29, 0.717) is 4.90 Å². The molecule has 1 aliphatic rings. The van der Waals surface area contributed by atoms with E-state index in [0.717, 1.165) is 18.2 Å². The number of rotatable bonds is 5. The molecule has 1 atom stereocenters. The van der Waals surface area contributed by atoms with Crippen LogP contribution in [0.2, 0.25) is 10.0 Å². The van der Waals surface area contributed by atoms with Crippen molar-refractivity contribution in [1.29, 1.82) is 0 Å². The Hall–Kier alpha value is -3.56. The molecule has 0 saturated carbocycles. The van der Waals surface area contributed by atoms with Gasteiger partial charge in [0.25, 0.3) is 11.7 Å². The first-order valence-corrected chi connectivity index (χ1v) is 10.4. The average molecular weight is 510 g/mol. The number of carbonyl (C=O) groups is 2. The van der Waals surface area contributed by atoms with Crippen molar-refractivity contribution >= 4 is 46.3 Å². The summed E-state index contributed by atoms with van der Waals surface area (Å²) in [5.74, 6) is -4.94. The smallest absolute Gasteiger partial charge is 0.300 e. The van der Waals surface area contributed by atoms with Crippen LogP contribution in [0.5, 0.6) is 11.5 Å². The summed E-state index contributed by atoms with van der Waals surface area (Å²) in [6, 6.07) is 5.13. The highest BCUT2D eigenvalue weighted by molar-refractivity contribution is 6.52. The number of Topliss-reactive ketones (excluding diaryl/α,β-unsaturated/α-hetero) is 1. The Bertz CT molecular complexity index is 1340. The highest BCUT2D eigenvalue weighted by Gasteiger charge is 2.49. The molecule has 2 aromatic carbocycles. The van der Waals surface area contributed by atoms with Gasteiger partial charge in [-0.15, -0.1) is 0 Å². The lowest BCUT2D eigenvalue weighted by molar-refractivity contribution is -0.132. The van der Waals surface area contributed by atoms with E-state index in [1.165, 1.54) is 38.7 Å². The van der Waals surface area contributed by atoms with Crippen molar-refractivity contribution in [2.24, 2.45) is 0 Å². The molecule has 3 aromatic rings. The average Bonchev–Trinajstić information content (AvgIpc) is 3.42. The number of benzene rings is 2. The largest absolute Gasteiger partial charge is 0.507 e. The molecular formula is C23H15Cl2F2NO6. The summed E-state index contributed by atoms with van der Waals surface area (Å²) < 4.78 is 44.4. The van der Waals surface area contributed by atoms with Crippen molar-refractivity contribution in [2.75, 3.05) is 19.1 Å². The number of amides is 1. The number of anilines is 1. The molecule has 1 saturated heterocycles. The molecule has 1 aromatic heterocycles. The lowest BCUT2D eigenvalue weighted by atomic mass is 9.98. The molecule has 11 heteroatoms. The Morgan fingerprint density at radius 1 is 1.09 bits per heavy atom. The zero-order valence-electron chi connectivity index (χ0n) is 17.6. The fourth-order valence-corrected chi connectivity index (χ4v) is 4.45. The number of halogens is 4. The number of methoxy groups -OCH3 is 2. The third-order valence-electron chi connectivity index (χ3n) is 5.22. The molecule has 1 amide bonds. The standard InChI is InChI=1S/C23H15Cl2F2NO6/c1-32-21-11(9-12(24)22(33-2)17(21)25)19(29)16-18(15-4-3-7-34-15)28(23(31)20(16)30)14-8-10(26)5-6-13(14)27/h3-9,18,29H,1-2H3/b19-16-. The third kappa shape index (κ3) is 3.66. The second-order valence-electron chi connectivity index (χ2n) is 7.07. The van der Waals surface area contributed by atoms with E-state index in [2.05, 4.69) is 0 Å². The van der Waals surface area contributed by atoms with Crippen molar-refractivity contribution in [3.63, 3.8) is 0 Å². The topological polar surface area (TPSA) is 89.2 Å². The molecule has 176 valence electrons. The zero-order chi connectivity index (χ0) is 24.7. The Morgan fingerprint density at radius 2 is 1.79 bits per heavy atom. The number of aliphatic hydroxyl groups is 1. The molecule has 1 unspecified atom stereocenters. The van der Waals surface area contributed by atoms with Gasteiger partial charge in [0.05, 0.1) is 42.3 Å². The van der Waals surface area contributed by atoms with Gasteiger partial charge in [0.2, 0.25) is 0 Å². The molecule has 0 bridgehead atoms. The number of ketones is 1. The van der Waals surface area contributed by atoms with Crippen LogP contribution in [0.4, 0.5) is 14.5 Å². The van der Waals surface area contributed by atoms with Gasteiger partial charge in [0.1, 0.15) is 34.2 Å². The van der Waals surface area contributed by atoms with Crippen LogP contribution in [0, 0.1) is 11.6 Å². The molecular weight excluding hydrogens is 495 g/mol. The molecule has 2 heterocycles. The fourth-order valence-electron chi connectivity index (χ4n) is 3.76. The maximum absolute atomic E-state index is 14.6. The van der Waals surface area contributed by atoms with Gasteiger partial charge in [-0.3, -0.25) is 14.5 Å². The van der Waals surface area contributed by atoms with Gasteiger partial charge in [-0.25, -0.2) is 8.78 Å². The minimum atomic E-state index is -1.43. The molecule has 0 radical (unpaired) electrons. The first kappa shape index (κ1) is 23.6. The van der Waals surface area contributed by atoms with Crippen LogP contribution in [0.3, 0.4) is 0 Å². The number of nitrogens with zero attached hydrogens (tertiary/aromatic N) is 1. The number of hydrogen-bond acceptors (Lipinski definition) is 6. The highest BCUT2D eigenvalue weighted by Crippen LogP contribution is 2.48. The molecule has 0 spiro atoms. The Labute approximate surface area is 201 Å². The first-order chi connectivity index (χ1) is 16.2. The number of carbonyl (C=O) groups excluding carboxylic acids is 2. The van der Waals surface area contributed by atoms with Crippen molar-refractivity contribution < 1.29 is 37.4 Å². The number of aliphatic hydroxyl groups excluding tert-OH is 1. The third-order valence-corrected chi connectivity index (χ3v) is 5.84. The Kier molecular flexibility index (Phi) is 6.24. The molecule has 4 rings (SSSR count). The Balaban J connectivity index is 2.02. The van der Waals surface area contributed by atoms with Gasteiger partial charge in [0.15, 0.2) is 11.5 Å².